The lowest BCUT2D eigenvalue weighted by Crippen LogP contribution is -2.48. The van der Waals surface area contributed by atoms with Crippen LogP contribution in [0.2, 0.25) is 0 Å². The second-order valence-corrected chi connectivity index (χ2v) is 7.25. The summed E-state index contributed by atoms with van der Waals surface area (Å²) in [6.07, 6.45) is 2.37. The van der Waals surface area contributed by atoms with Crippen LogP contribution in [0.3, 0.4) is 0 Å². The molecule has 134 valence electrons. The number of aromatic nitrogens is 1. The zero-order chi connectivity index (χ0) is 17.6. The molecule has 0 radical (unpaired) electrons. The van der Waals surface area contributed by atoms with E-state index in [2.05, 4.69) is 15.4 Å². The van der Waals surface area contributed by atoms with Gasteiger partial charge in [0, 0.05) is 23.7 Å². The van der Waals surface area contributed by atoms with E-state index < -0.39 is 5.54 Å². The Kier molecular flexibility index (Phi) is 4.04. The second-order valence-electron chi connectivity index (χ2n) is 7.25. The van der Waals surface area contributed by atoms with Gasteiger partial charge in [-0.2, -0.15) is 0 Å². The van der Waals surface area contributed by atoms with Crippen molar-refractivity contribution in [2.24, 2.45) is 0 Å². The van der Waals surface area contributed by atoms with Gasteiger partial charge in [-0.1, -0.05) is 5.16 Å². The Morgan fingerprint density at radius 3 is 2.76 bits per heavy atom. The number of likely N-dealkylation sites (tertiary alicyclic amines) is 1. The Hall–Kier alpha value is -1.92. The first-order valence-corrected chi connectivity index (χ1v) is 8.89. The van der Waals surface area contributed by atoms with Gasteiger partial charge in [-0.15, -0.1) is 0 Å². The number of anilines is 1. The summed E-state index contributed by atoms with van der Waals surface area (Å²) in [5.41, 5.74) is 2.93. The van der Waals surface area contributed by atoms with Crippen LogP contribution in [0.15, 0.2) is 22.7 Å². The molecule has 0 spiro atoms. The molecule has 2 unspecified atom stereocenters. The second kappa shape index (κ2) is 6.11. The Morgan fingerprint density at radius 1 is 1.36 bits per heavy atom. The lowest BCUT2D eigenvalue weighted by Gasteiger charge is -2.39. The lowest BCUT2D eigenvalue weighted by atomic mass is 9.76. The zero-order valence-electron chi connectivity index (χ0n) is 14.7. The van der Waals surface area contributed by atoms with Crippen molar-refractivity contribution in [2.45, 2.75) is 38.1 Å². The van der Waals surface area contributed by atoms with Crippen molar-refractivity contribution in [3.63, 3.8) is 0 Å². The molecular formula is C19H24FN3O2. The number of aliphatic hydroxyl groups excluding tert-OH is 1. The van der Waals surface area contributed by atoms with Gasteiger partial charge in [-0.3, -0.25) is 0 Å². The van der Waals surface area contributed by atoms with Gasteiger partial charge in [-0.25, -0.2) is 4.39 Å². The molecule has 0 aliphatic carbocycles. The van der Waals surface area contributed by atoms with Crippen molar-refractivity contribution in [1.29, 1.82) is 0 Å². The van der Waals surface area contributed by atoms with Gasteiger partial charge in [-0.05, 0) is 63.5 Å². The first-order chi connectivity index (χ1) is 12.0. The molecule has 2 atom stereocenters. The summed E-state index contributed by atoms with van der Waals surface area (Å²) in [6, 6.07) is 4.75. The molecule has 0 amide bonds. The van der Waals surface area contributed by atoms with Gasteiger partial charge >= 0.3 is 0 Å². The molecule has 2 aromatic rings. The van der Waals surface area contributed by atoms with Crippen LogP contribution in [-0.4, -0.2) is 41.4 Å². The summed E-state index contributed by atoms with van der Waals surface area (Å²) in [5, 5.41) is 18.0. The molecule has 6 heteroatoms. The fourth-order valence-electron chi connectivity index (χ4n) is 4.66. The number of nitrogens with one attached hydrogen (secondary N) is 1. The molecule has 1 saturated heterocycles. The van der Waals surface area contributed by atoms with Gasteiger partial charge in [0.15, 0.2) is 0 Å². The number of nitrogens with zero attached hydrogens (tertiary/aromatic N) is 2. The maximum Gasteiger partial charge on any atom is 0.139 e. The maximum atomic E-state index is 13.9. The van der Waals surface area contributed by atoms with E-state index in [0.717, 1.165) is 47.9 Å². The quantitative estimate of drug-likeness (QED) is 0.892. The first-order valence-electron chi connectivity index (χ1n) is 8.89. The van der Waals surface area contributed by atoms with Crippen molar-refractivity contribution in [3.8, 4) is 0 Å². The number of aryl methyl sites for hydroxylation is 2. The smallest absolute Gasteiger partial charge is 0.139 e. The summed E-state index contributed by atoms with van der Waals surface area (Å²) in [4.78, 5) is 2.41. The Bertz CT molecular complexity index is 765. The van der Waals surface area contributed by atoms with Crippen LogP contribution in [0.5, 0.6) is 0 Å². The highest BCUT2D eigenvalue weighted by atomic mass is 19.1. The third kappa shape index (κ3) is 2.55. The number of benzene rings is 1. The molecule has 25 heavy (non-hydrogen) atoms. The average molecular weight is 345 g/mol. The highest BCUT2D eigenvalue weighted by Gasteiger charge is 2.51. The van der Waals surface area contributed by atoms with E-state index in [4.69, 9.17) is 4.52 Å². The number of halogens is 1. The molecule has 0 saturated carbocycles. The van der Waals surface area contributed by atoms with Gasteiger partial charge < -0.3 is 19.8 Å². The van der Waals surface area contributed by atoms with Crippen molar-refractivity contribution in [2.75, 3.05) is 31.6 Å². The van der Waals surface area contributed by atoms with Crippen molar-refractivity contribution < 1.29 is 14.0 Å². The van der Waals surface area contributed by atoms with E-state index in [-0.39, 0.29) is 18.3 Å². The van der Waals surface area contributed by atoms with Crippen molar-refractivity contribution >= 4 is 5.69 Å². The predicted octanol–water partition coefficient (Wildman–Crippen LogP) is 2.92. The Morgan fingerprint density at radius 2 is 2.12 bits per heavy atom. The fourth-order valence-corrected chi connectivity index (χ4v) is 4.66. The molecule has 1 aromatic heterocycles. The number of aliphatic hydroxyl groups is 1. The molecule has 1 aromatic carbocycles. The van der Waals surface area contributed by atoms with Crippen LogP contribution in [-0.2, 0) is 5.54 Å². The monoisotopic (exact) mass is 345 g/mol. The topological polar surface area (TPSA) is 61.5 Å². The number of rotatable bonds is 4. The van der Waals surface area contributed by atoms with Crippen LogP contribution in [0.4, 0.5) is 10.1 Å². The molecule has 3 heterocycles. The molecule has 4 rings (SSSR count). The van der Waals surface area contributed by atoms with Crippen LogP contribution >= 0.6 is 0 Å². The van der Waals surface area contributed by atoms with Gasteiger partial charge in [0.1, 0.15) is 11.6 Å². The summed E-state index contributed by atoms with van der Waals surface area (Å²) >= 11 is 0. The molecule has 0 bridgehead atoms. The highest BCUT2D eigenvalue weighted by molar-refractivity contribution is 5.65. The minimum Gasteiger partial charge on any atom is -0.396 e. The standard InChI is InChI=1S/C19H24FN3O2/c1-12-18(13(2)25-22-12)19(11-23-7-3-4-8-23)16(10-24)15-9-14(20)5-6-17(15)21-19/h5-6,9,16,21,24H,3-4,7-8,10-11H2,1-2H3. The summed E-state index contributed by atoms with van der Waals surface area (Å²) in [6.45, 7) is 6.57. The van der Waals surface area contributed by atoms with Crippen LogP contribution < -0.4 is 5.32 Å². The van der Waals surface area contributed by atoms with Crippen molar-refractivity contribution in [3.05, 3.63) is 46.6 Å². The lowest BCUT2D eigenvalue weighted by molar-refractivity contribution is 0.180. The van der Waals surface area contributed by atoms with Crippen LogP contribution in [0.25, 0.3) is 0 Å². The van der Waals surface area contributed by atoms with Crippen molar-refractivity contribution in [1.82, 2.24) is 10.1 Å². The van der Waals surface area contributed by atoms with Crippen LogP contribution in [0.1, 0.15) is 41.3 Å². The van der Waals surface area contributed by atoms with Crippen LogP contribution in [0, 0.1) is 19.7 Å². The number of hydrogen-bond donors (Lipinski definition) is 2. The summed E-state index contributed by atoms with van der Waals surface area (Å²) in [7, 11) is 0. The Balaban J connectivity index is 1.86. The fraction of sp³-hybridized carbons (Fsp3) is 0.526. The van der Waals surface area contributed by atoms with E-state index in [1.807, 2.05) is 13.8 Å². The normalized spacial score (nSPS) is 26.0. The third-order valence-corrected chi connectivity index (χ3v) is 5.68. The zero-order valence-corrected chi connectivity index (χ0v) is 14.7. The van der Waals surface area contributed by atoms with E-state index in [1.54, 1.807) is 6.07 Å². The predicted molar refractivity (Wildman–Crippen MR) is 93.2 cm³/mol. The highest BCUT2D eigenvalue weighted by Crippen LogP contribution is 2.50. The van der Waals surface area contributed by atoms with E-state index in [1.165, 1.54) is 25.0 Å². The molecule has 2 aliphatic heterocycles. The maximum absolute atomic E-state index is 13.9. The molecular weight excluding hydrogens is 321 g/mol. The first kappa shape index (κ1) is 16.5. The molecule has 2 N–H and O–H groups in total. The summed E-state index contributed by atoms with van der Waals surface area (Å²) in [5.74, 6) is 0.210. The molecule has 1 fully saturated rings. The Labute approximate surface area is 146 Å². The van der Waals surface area contributed by atoms with E-state index in [0.29, 0.717) is 0 Å². The minimum atomic E-state index is -0.566. The van der Waals surface area contributed by atoms with E-state index >= 15 is 0 Å². The largest absolute Gasteiger partial charge is 0.396 e. The number of hydrogen-bond acceptors (Lipinski definition) is 5. The van der Waals surface area contributed by atoms with Gasteiger partial charge in [0.2, 0.25) is 0 Å². The SMILES string of the molecule is Cc1noc(C)c1C1(CN2CCCC2)Nc2ccc(F)cc2C1CO. The van der Waals surface area contributed by atoms with Gasteiger partial charge in [0.05, 0.1) is 17.8 Å². The average Bonchev–Trinajstić information content (AvgIpc) is 3.26. The molecule has 5 nitrogen and oxygen atoms in total. The van der Waals surface area contributed by atoms with E-state index in [9.17, 15) is 9.50 Å². The molecule has 2 aliphatic rings. The third-order valence-electron chi connectivity index (χ3n) is 5.68. The number of fused-ring (bicyclic) bond motifs is 1. The summed E-state index contributed by atoms with van der Waals surface area (Å²) < 4.78 is 19.3. The minimum absolute atomic E-state index is 0.0681. The van der Waals surface area contributed by atoms with Gasteiger partial charge in [0.25, 0.3) is 0 Å².